The van der Waals surface area contributed by atoms with Gasteiger partial charge in [0.05, 0.1) is 7.11 Å². The Kier molecular flexibility index (Phi) is 2.64. The number of hydrogen-bond donors (Lipinski definition) is 0. The van der Waals surface area contributed by atoms with Crippen molar-refractivity contribution in [2.75, 3.05) is 7.11 Å². The molecule has 0 fully saturated rings. The Morgan fingerprint density at radius 2 is 1.52 bits per heavy atom. The SMILES string of the molecule is COc1ccc2c(ccc3ccc4c5ccccc5sc4c32)c1. The molecule has 2 heteroatoms. The monoisotopic (exact) mass is 314 g/mol. The molecular formula is C21H14OS. The summed E-state index contributed by atoms with van der Waals surface area (Å²) < 4.78 is 8.09. The first-order valence-corrected chi connectivity index (χ1v) is 8.47. The van der Waals surface area contributed by atoms with Crippen molar-refractivity contribution in [1.29, 1.82) is 0 Å². The van der Waals surface area contributed by atoms with E-state index in [1.54, 1.807) is 7.11 Å². The van der Waals surface area contributed by atoms with Gasteiger partial charge in [0.15, 0.2) is 0 Å². The van der Waals surface area contributed by atoms with Gasteiger partial charge in [0.1, 0.15) is 5.75 Å². The Balaban J connectivity index is 2.03. The summed E-state index contributed by atoms with van der Waals surface area (Å²) in [5.41, 5.74) is 0. The first-order valence-electron chi connectivity index (χ1n) is 7.66. The molecule has 0 unspecified atom stereocenters. The van der Waals surface area contributed by atoms with Crippen molar-refractivity contribution in [3.05, 3.63) is 66.7 Å². The van der Waals surface area contributed by atoms with Crippen LogP contribution in [0.4, 0.5) is 0 Å². The topological polar surface area (TPSA) is 9.23 Å². The lowest BCUT2D eigenvalue weighted by atomic mass is 9.99. The Labute approximate surface area is 137 Å². The highest BCUT2D eigenvalue weighted by molar-refractivity contribution is 7.26. The summed E-state index contributed by atoms with van der Waals surface area (Å²) >= 11 is 1.88. The minimum absolute atomic E-state index is 0.903. The second-order valence-electron chi connectivity index (χ2n) is 5.79. The molecule has 5 aromatic rings. The maximum absolute atomic E-state index is 5.37. The lowest BCUT2D eigenvalue weighted by Crippen LogP contribution is -1.83. The standard InChI is InChI=1S/C21H14OS/c1-22-15-9-11-16-14(12-15)7-6-13-8-10-18-17-4-2-3-5-19(17)23-21(18)20(13)16/h2-12H,1H3. The summed E-state index contributed by atoms with van der Waals surface area (Å²) in [6, 6.07) is 23.9. The highest BCUT2D eigenvalue weighted by Gasteiger charge is 2.10. The molecule has 0 saturated carbocycles. The Morgan fingerprint density at radius 3 is 2.43 bits per heavy atom. The van der Waals surface area contributed by atoms with E-state index in [4.69, 9.17) is 4.74 Å². The van der Waals surface area contributed by atoms with Crippen LogP contribution in [0, 0.1) is 0 Å². The molecule has 1 aromatic heterocycles. The molecule has 0 N–H and O–H groups in total. The van der Waals surface area contributed by atoms with Crippen molar-refractivity contribution < 1.29 is 4.74 Å². The van der Waals surface area contributed by atoms with Crippen molar-refractivity contribution >= 4 is 53.1 Å². The largest absolute Gasteiger partial charge is 0.497 e. The second kappa shape index (κ2) is 4.71. The molecule has 0 spiro atoms. The molecule has 0 radical (unpaired) electrons. The average molecular weight is 314 g/mol. The zero-order valence-electron chi connectivity index (χ0n) is 12.7. The molecule has 110 valence electrons. The van der Waals surface area contributed by atoms with E-state index in [2.05, 4.69) is 60.7 Å². The fraction of sp³-hybridized carbons (Fsp3) is 0.0476. The highest BCUT2D eigenvalue weighted by atomic mass is 32.1. The van der Waals surface area contributed by atoms with Crippen LogP contribution in [-0.4, -0.2) is 7.11 Å². The van der Waals surface area contributed by atoms with Gasteiger partial charge < -0.3 is 4.74 Å². The maximum Gasteiger partial charge on any atom is 0.119 e. The number of hydrogen-bond acceptors (Lipinski definition) is 2. The first kappa shape index (κ1) is 12.9. The average Bonchev–Trinajstić information content (AvgIpc) is 2.99. The Bertz CT molecular complexity index is 1200. The predicted octanol–water partition coefficient (Wildman–Crippen LogP) is 6.37. The third-order valence-electron chi connectivity index (χ3n) is 4.55. The highest BCUT2D eigenvalue weighted by Crippen LogP contribution is 2.41. The number of benzene rings is 4. The van der Waals surface area contributed by atoms with E-state index in [9.17, 15) is 0 Å². The van der Waals surface area contributed by atoms with Crippen molar-refractivity contribution in [3.63, 3.8) is 0 Å². The molecule has 0 atom stereocenters. The van der Waals surface area contributed by atoms with Crippen LogP contribution in [-0.2, 0) is 0 Å². The van der Waals surface area contributed by atoms with Crippen molar-refractivity contribution in [2.45, 2.75) is 0 Å². The van der Waals surface area contributed by atoms with Gasteiger partial charge in [0.2, 0.25) is 0 Å². The van der Waals surface area contributed by atoms with Crippen LogP contribution in [0.3, 0.4) is 0 Å². The molecule has 5 rings (SSSR count). The van der Waals surface area contributed by atoms with Crippen molar-refractivity contribution in [3.8, 4) is 5.75 Å². The van der Waals surface area contributed by atoms with E-state index in [0.717, 1.165) is 5.75 Å². The fourth-order valence-corrected chi connectivity index (χ4v) is 4.71. The molecular weight excluding hydrogens is 300 g/mol. The zero-order valence-corrected chi connectivity index (χ0v) is 13.5. The summed E-state index contributed by atoms with van der Waals surface area (Å²) in [4.78, 5) is 0. The maximum atomic E-state index is 5.37. The Morgan fingerprint density at radius 1 is 0.739 bits per heavy atom. The van der Waals surface area contributed by atoms with Gasteiger partial charge in [0.25, 0.3) is 0 Å². The van der Waals surface area contributed by atoms with E-state index in [-0.39, 0.29) is 0 Å². The lowest BCUT2D eigenvalue weighted by Gasteiger charge is -2.07. The van der Waals surface area contributed by atoms with E-state index in [1.807, 2.05) is 17.4 Å². The summed E-state index contributed by atoms with van der Waals surface area (Å²) in [6.07, 6.45) is 0. The van der Waals surface area contributed by atoms with Gasteiger partial charge in [-0.05, 0) is 34.4 Å². The second-order valence-corrected chi connectivity index (χ2v) is 6.84. The molecule has 1 nitrogen and oxygen atoms in total. The smallest absolute Gasteiger partial charge is 0.119 e. The van der Waals surface area contributed by atoms with Crippen molar-refractivity contribution in [1.82, 2.24) is 0 Å². The molecule has 23 heavy (non-hydrogen) atoms. The van der Waals surface area contributed by atoms with Gasteiger partial charge >= 0.3 is 0 Å². The van der Waals surface area contributed by atoms with E-state index < -0.39 is 0 Å². The number of rotatable bonds is 1. The van der Waals surface area contributed by atoms with Crippen LogP contribution >= 0.6 is 11.3 Å². The van der Waals surface area contributed by atoms with Crippen LogP contribution < -0.4 is 4.74 Å². The van der Waals surface area contributed by atoms with Crippen LogP contribution in [0.15, 0.2) is 66.7 Å². The predicted molar refractivity (Wildman–Crippen MR) is 101 cm³/mol. The first-order chi connectivity index (χ1) is 11.3. The summed E-state index contributed by atoms with van der Waals surface area (Å²) in [5.74, 6) is 0.903. The van der Waals surface area contributed by atoms with Gasteiger partial charge in [-0.15, -0.1) is 11.3 Å². The van der Waals surface area contributed by atoms with Crippen LogP contribution in [0.1, 0.15) is 0 Å². The summed E-state index contributed by atoms with van der Waals surface area (Å²) in [6.45, 7) is 0. The lowest BCUT2D eigenvalue weighted by molar-refractivity contribution is 0.415. The normalized spacial score (nSPS) is 11.7. The van der Waals surface area contributed by atoms with Gasteiger partial charge in [-0.2, -0.15) is 0 Å². The van der Waals surface area contributed by atoms with E-state index in [0.29, 0.717) is 0 Å². The zero-order chi connectivity index (χ0) is 15.4. The molecule has 0 aliphatic rings. The minimum Gasteiger partial charge on any atom is -0.497 e. The van der Waals surface area contributed by atoms with Gasteiger partial charge in [0, 0.05) is 25.6 Å². The van der Waals surface area contributed by atoms with Gasteiger partial charge in [-0.1, -0.05) is 48.5 Å². The molecule has 0 amide bonds. The third kappa shape index (κ3) is 1.79. The molecule has 0 bridgehead atoms. The third-order valence-corrected chi connectivity index (χ3v) is 5.75. The molecule has 0 saturated heterocycles. The molecule has 0 aliphatic carbocycles. The number of thiophene rings is 1. The van der Waals surface area contributed by atoms with Crippen LogP contribution in [0.2, 0.25) is 0 Å². The fourth-order valence-electron chi connectivity index (χ4n) is 3.43. The Hall–Kier alpha value is -2.58. The van der Waals surface area contributed by atoms with Gasteiger partial charge in [-0.25, -0.2) is 0 Å². The van der Waals surface area contributed by atoms with Crippen LogP contribution in [0.25, 0.3) is 41.7 Å². The quantitative estimate of drug-likeness (QED) is 0.327. The number of ether oxygens (including phenoxy) is 1. The number of methoxy groups -OCH3 is 1. The van der Waals surface area contributed by atoms with Crippen LogP contribution in [0.5, 0.6) is 5.75 Å². The van der Waals surface area contributed by atoms with E-state index >= 15 is 0 Å². The van der Waals surface area contributed by atoms with Crippen molar-refractivity contribution in [2.24, 2.45) is 0 Å². The summed E-state index contributed by atoms with van der Waals surface area (Å²) in [5, 5.41) is 7.86. The molecule has 1 heterocycles. The van der Waals surface area contributed by atoms with E-state index in [1.165, 1.54) is 41.7 Å². The molecule has 4 aromatic carbocycles. The number of fused-ring (bicyclic) bond motifs is 7. The summed E-state index contributed by atoms with van der Waals surface area (Å²) in [7, 11) is 1.71. The van der Waals surface area contributed by atoms with Gasteiger partial charge in [-0.3, -0.25) is 0 Å². The molecule has 0 aliphatic heterocycles. The minimum atomic E-state index is 0.903.